The Morgan fingerprint density at radius 3 is 1.68 bits per heavy atom. The fraction of sp³-hybridized carbons (Fsp3) is 0.400. The van der Waals surface area contributed by atoms with Crippen LogP contribution in [-0.4, -0.2) is 13.2 Å². The van der Waals surface area contributed by atoms with Crippen LogP contribution in [0.5, 0.6) is 0 Å². The van der Waals surface area contributed by atoms with Gasteiger partial charge >= 0.3 is 0 Å². The molecule has 0 saturated heterocycles. The van der Waals surface area contributed by atoms with Crippen LogP contribution in [0.1, 0.15) is 37.5 Å². The van der Waals surface area contributed by atoms with Crippen molar-refractivity contribution < 1.29 is 9.47 Å². The topological polar surface area (TPSA) is 18.5 Å². The number of rotatable bonds is 7. The van der Waals surface area contributed by atoms with Crippen molar-refractivity contribution in [2.24, 2.45) is 0 Å². The highest BCUT2D eigenvalue weighted by Crippen LogP contribution is 2.22. The van der Waals surface area contributed by atoms with E-state index < -0.39 is 0 Å². The summed E-state index contributed by atoms with van der Waals surface area (Å²) in [7, 11) is 0. The molecule has 0 amide bonds. The van der Waals surface area contributed by atoms with Crippen LogP contribution in [0.3, 0.4) is 0 Å². The molecule has 0 spiro atoms. The zero-order valence-electron chi connectivity index (χ0n) is 13.8. The lowest BCUT2D eigenvalue weighted by atomic mass is 9.87. The third-order valence-electron chi connectivity index (χ3n) is 3.57. The van der Waals surface area contributed by atoms with Crippen LogP contribution < -0.4 is 0 Å². The van der Waals surface area contributed by atoms with E-state index in [0.29, 0.717) is 26.4 Å². The summed E-state index contributed by atoms with van der Waals surface area (Å²) in [6.45, 7) is 9.19. The average molecular weight is 298 g/mol. The normalized spacial score (nSPS) is 11.6. The minimum Gasteiger partial charge on any atom is -0.374 e. The quantitative estimate of drug-likeness (QED) is 0.689. The lowest BCUT2D eigenvalue weighted by molar-refractivity contribution is 0.0339. The highest BCUT2D eigenvalue weighted by atomic mass is 16.5. The molecular formula is C20H26O2. The second kappa shape index (κ2) is 8.11. The standard InChI is InChI=1S/C20H26O2/c1-20(2,3)19-11-9-18(10-12-19)16-22-14-13-21-15-17-7-5-4-6-8-17/h4-12H,13-16H2,1-3H3. The van der Waals surface area contributed by atoms with Gasteiger partial charge in [0, 0.05) is 0 Å². The number of hydrogen-bond acceptors (Lipinski definition) is 2. The smallest absolute Gasteiger partial charge is 0.0718 e. The van der Waals surface area contributed by atoms with E-state index in [1.165, 1.54) is 16.7 Å². The minimum absolute atomic E-state index is 0.199. The third-order valence-corrected chi connectivity index (χ3v) is 3.57. The molecule has 0 saturated carbocycles. The molecule has 2 aromatic rings. The maximum absolute atomic E-state index is 5.66. The second-order valence-electron chi connectivity index (χ2n) is 6.54. The molecule has 2 aromatic carbocycles. The zero-order chi connectivity index (χ0) is 15.8. The Morgan fingerprint density at radius 1 is 0.682 bits per heavy atom. The van der Waals surface area contributed by atoms with Gasteiger partial charge in [0.1, 0.15) is 0 Å². The van der Waals surface area contributed by atoms with Gasteiger partial charge in [0.2, 0.25) is 0 Å². The van der Waals surface area contributed by atoms with E-state index in [1.54, 1.807) is 0 Å². The molecule has 2 rings (SSSR count). The third kappa shape index (κ3) is 5.63. The van der Waals surface area contributed by atoms with Gasteiger partial charge in [-0.2, -0.15) is 0 Å². The summed E-state index contributed by atoms with van der Waals surface area (Å²) >= 11 is 0. The van der Waals surface area contributed by atoms with E-state index in [4.69, 9.17) is 9.47 Å². The highest BCUT2D eigenvalue weighted by Gasteiger charge is 2.12. The molecule has 0 aliphatic carbocycles. The van der Waals surface area contributed by atoms with E-state index in [0.717, 1.165) is 0 Å². The Kier molecular flexibility index (Phi) is 6.17. The first-order valence-corrected chi connectivity index (χ1v) is 7.84. The van der Waals surface area contributed by atoms with E-state index in [9.17, 15) is 0 Å². The summed E-state index contributed by atoms with van der Waals surface area (Å²) in [5.74, 6) is 0. The lowest BCUT2D eigenvalue weighted by Gasteiger charge is -2.19. The maximum Gasteiger partial charge on any atom is 0.0718 e. The zero-order valence-corrected chi connectivity index (χ0v) is 13.8. The van der Waals surface area contributed by atoms with Gasteiger partial charge in [0.25, 0.3) is 0 Å². The van der Waals surface area contributed by atoms with Crippen LogP contribution in [-0.2, 0) is 28.1 Å². The van der Waals surface area contributed by atoms with Crippen LogP contribution >= 0.6 is 0 Å². The summed E-state index contributed by atoms with van der Waals surface area (Å²) in [4.78, 5) is 0. The molecule has 0 aliphatic heterocycles. The van der Waals surface area contributed by atoms with E-state index >= 15 is 0 Å². The highest BCUT2D eigenvalue weighted by molar-refractivity contribution is 5.27. The SMILES string of the molecule is CC(C)(C)c1ccc(COCCOCc2ccccc2)cc1. The average Bonchev–Trinajstić information content (AvgIpc) is 2.51. The summed E-state index contributed by atoms with van der Waals surface area (Å²) in [5.41, 5.74) is 3.95. The molecule has 2 nitrogen and oxygen atoms in total. The van der Waals surface area contributed by atoms with Gasteiger partial charge in [-0.15, -0.1) is 0 Å². The molecule has 0 aromatic heterocycles. The van der Waals surface area contributed by atoms with Crippen molar-refractivity contribution in [2.45, 2.75) is 39.4 Å². The van der Waals surface area contributed by atoms with Crippen LogP contribution in [0.25, 0.3) is 0 Å². The molecular weight excluding hydrogens is 272 g/mol. The molecule has 0 radical (unpaired) electrons. The predicted molar refractivity (Wildman–Crippen MR) is 90.9 cm³/mol. The number of benzene rings is 2. The molecule has 0 atom stereocenters. The maximum atomic E-state index is 5.66. The molecule has 118 valence electrons. The van der Waals surface area contributed by atoms with E-state index in [1.807, 2.05) is 18.2 Å². The lowest BCUT2D eigenvalue weighted by Crippen LogP contribution is -2.11. The molecule has 0 aliphatic rings. The van der Waals surface area contributed by atoms with Crippen molar-refractivity contribution in [3.05, 3.63) is 71.3 Å². The van der Waals surface area contributed by atoms with Crippen LogP contribution in [0.2, 0.25) is 0 Å². The fourth-order valence-corrected chi connectivity index (χ4v) is 2.17. The first kappa shape index (κ1) is 16.7. The van der Waals surface area contributed by atoms with Gasteiger partial charge in [-0.05, 0) is 22.1 Å². The molecule has 22 heavy (non-hydrogen) atoms. The van der Waals surface area contributed by atoms with Gasteiger partial charge in [0.05, 0.1) is 26.4 Å². The van der Waals surface area contributed by atoms with Crippen molar-refractivity contribution >= 4 is 0 Å². The Balaban J connectivity index is 1.62. The summed E-state index contributed by atoms with van der Waals surface area (Å²) in [6.07, 6.45) is 0. The van der Waals surface area contributed by atoms with Gasteiger partial charge < -0.3 is 9.47 Å². The Hall–Kier alpha value is -1.64. The molecule has 0 heterocycles. The molecule has 0 bridgehead atoms. The van der Waals surface area contributed by atoms with Gasteiger partial charge in [0.15, 0.2) is 0 Å². The van der Waals surface area contributed by atoms with Crippen LogP contribution in [0.15, 0.2) is 54.6 Å². The van der Waals surface area contributed by atoms with Crippen molar-refractivity contribution in [1.82, 2.24) is 0 Å². The Morgan fingerprint density at radius 2 is 1.18 bits per heavy atom. The van der Waals surface area contributed by atoms with Crippen LogP contribution in [0, 0.1) is 0 Å². The van der Waals surface area contributed by atoms with E-state index in [2.05, 4.69) is 57.2 Å². The van der Waals surface area contributed by atoms with E-state index in [-0.39, 0.29) is 5.41 Å². The monoisotopic (exact) mass is 298 g/mol. The van der Waals surface area contributed by atoms with Crippen molar-refractivity contribution in [3.8, 4) is 0 Å². The molecule has 2 heteroatoms. The largest absolute Gasteiger partial charge is 0.374 e. The number of hydrogen-bond donors (Lipinski definition) is 0. The Labute approximate surface area is 134 Å². The second-order valence-corrected chi connectivity index (χ2v) is 6.54. The van der Waals surface area contributed by atoms with Gasteiger partial charge in [-0.25, -0.2) is 0 Å². The minimum atomic E-state index is 0.199. The van der Waals surface area contributed by atoms with Crippen molar-refractivity contribution in [3.63, 3.8) is 0 Å². The Bertz CT molecular complexity index is 538. The molecule has 0 N–H and O–H groups in total. The van der Waals surface area contributed by atoms with Crippen molar-refractivity contribution in [1.29, 1.82) is 0 Å². The summed E-state index contributed by atoms with van der Waals surface area (Å²) < 4.78 is 11.3. The summed E-state index contributed by atoms with van der Waals surface area (Å²) in [5, 5.41) is 0. The van der Waals surface area contributed by atoms with Gasteiger partial charge in [-0.3, -0.25) is 0 Å². The van der Waals surface area contributed by atoms with Crippen LogP contribution in [0.4, 0.5) is 0 Å². The molecule has 0 unspecified atom stereocenters. The first-order chi connectivity index (χ1) is 10.6. The fourth-order valence-electron chi connectivity index (χ4n) is 2.17. The predicted octanol–water partition coefficient (Wildman–Crippen LogP) is 4.72. The van der Waals surface area contributed by atoms with Crippen molar-refractivity contribution in [2.75, 3.05) is 13.2 Å². The summed E-state index contributed by atoms with van der Waals surface area (Å²) in [6, 6.07) is 18.9. The molecule has 0 fully saturated rings. The first-order valence-electron chi connectivity index (χ1n) is 7.84. The number of ether oxygens (including phenoxy) is 2. The van der Waals surface area contributed by atoms with Gasteiger partial charge in [-0.1, -0.05) is 75.4 Å².